The molecule has 2 N–H and O–H groups in total. The van der Waals surface area contributed by atoms with Gasteiger partial charge in [-0.25, -0.2) is 0 Å². The Morgan fingerprint density at radius 2 is 1.15 bits per heavy atom. The Morgan fingerprint density at radius 3 is 1.69 bits per heavy atom. The molecule has 9 heteroatoms. The van der Waals surface area contributed by atoms with E-state index in [1.165, 1.54) is 70.6 Å². The molecule has 3 atom stereocenters. The van der Waals surface area contributed by atoms with E-state index in [-0.39, 0.29) is 18.9 Å². The molecule has 0 spiro atoms. The minimum Gasteiger partial charge on any atom is -0.756 e. The molecule has 0 aliphatic carbocycles. The summed E-state index contributed by atoms with van der Waals surface area (Å²) in [5.41, 5.74) is 0. The van der Waals surface area contributed by atoms with Crippen molar-refractivity contribution in [1.29, 1.82) is 0 Å². The van der Waals surface area contributed by atoms with Gasteiger partial charge in [0.25, 0.3) is 7.82 Å². The van der Waals surface area contributed by atoms with Gasteiger partial charge in [-0.3, -0.25) is 9.36 Å². The molecule has 0 radical (unpaired) electrons. The number of carbonyl (C=O) groups is 1. The number of allylic oxidation sites excluding steroid dienone is 12. The van der Waals surface area contributed by atoms with E-state index in [0.717, 1.165) is 44.9 Å². The van der Waals surface area contributed by atoms with E-state index < -0.39 is 26.6 Å². The SMILES string of the molecule is CC/C=C\C/C=C\C/C=C\C/C=C\C/C=C\CC(=O)NC(COP(=O)([O-])OCC[N+](C)(C)C)C(O)/C=C/CC/C=C/CCCCCCCCCCCCC. The fraction of sp³-hybridized carbons (Fsp3) is 0.667. The molecule has 0 aromatic rings. The number of amides is 1. The van der Waals surface area contributed by atoms with Crippen molar-refractivity contribution in [3.05, 3.63) is 85.1 Å². The molecule has 0 aliphatic heterocycles. The Labute approximate surface area is 331 Å². The standard InChI is InChI=1S/C45H79N2O6P/c1-6-8-10-12-14-16-18-20-22-23-25-26-28-30-32-34-36-38-44(48)43(42-53-54(50,51)52-41-40-47(3,4)5)46-45(49)39-37-35-33-31-29-27-24-21-19-17-15-13-11-9-7-2/h9,11,15,17,21,24,28-31,35-38,43-44,48H,6-8,10,12-14,16,18-20,22-23,25-27,32-34,39-42H2,1-5H3,(H-,46,49,50,51)/b11-9-,17-15-,24-21-,30-28+,31-29-,37-35-,38-36+. The van der Waals surface area contributed by atoms with Crippen LogP contribution in [0.1, 0.15) is 142 Å². The molecule has 54 heavy (non-hydrogen) atoms. The molecule has 0 bridgehead atoms. The number of phosphoric ester groups is 1. The summed E-state index contributed by atoms with van der Waals surface area (Å²) < 4.78 is 23.1. The smallest absolute Gasteiger partial charge is 0.268 e. The summed E-state index contributed by atoms with van der Waals surface area (Å²) in [5.74, 6) is -0.338. The summed E-state index contributed by atoms with van der Waals surface area (Å²) in [6.45, 7) is 4.40. The number of aliphatic hydroxyl groups is 1. The third-order valence-corrected chi connectivity index (χ3v) is 9.58. The van der Waals surface area contributed by atoms with Crippen LogP contribution in [0.15, 0.2) is 85.1 Å². The second-order valence-electron chi connectivity index (χ2n) is 15.0. The second-order valence-corrected chi connectivity index (χ2v) is 16.4. The molecule has 3 unspecified atom stereocenters. The lowest BCUT2D eigenvalue weighted by molar-refractivity contribution is -0.870. The largest absolute Gasteiger partial charge is 0.756 e. The fourth-order valence-corrected chi connectivity index (χ4v) is 6.02. The van der Waals surface area contributed by atoms with Gasteiger partial charge in [0.05, 0.1) is 39.9 Å². The number of likely N-dealkylation sites (N-methyl/N-ethyl adjacent to an activating group) is 1. The molecule has 0 heterocycles. The number of quaternary nitrogens is 1. The number of hydrogen-bond donors (Lipinski definition) is 2. The third kappa shape index (κ3) is 38.0. The molecule has 0 aliphatic rings. The van der Waals surface area contributed by atoms with Crippen LogP contribution >= 0.6 is 7.82 Å². The number of hydrogen-bond acceptors (Lipinski definition) is 6. The van der Waals surface area contributed by atoms with E-state index in [9.17, 15) is 19.4 Å². The highest BCUT2D eigenvalue weighted by Gasteiger charge is 2.22. The Balaban J connectivity index is 4.68. The van der Waals surface area contributed by atoms with Crippen LogP contribution in [0.5, 0.6) is 0 Å². The van der Waals surface area contributed by atoms with Gasteiger partial charge in [-0.05, 0) is 57.8 Å². The van der Waals surface area contributed by atoms with Crippen molar-refractivity contribution in [3.8, 4) is 0 Å². The van der Waals surface area contributed by atoms with Crippen LogP contribution in [-0.4, -0.2) is 68.5 Å². The summed E-state index contributed by atoms with van der Waals surface area (Å²) in [6.07, 6.45) is 49.5. The van der Waals surface area contributed by atoms with Crippen molar-refractivity contribution in [1.82, 2.24) is 5.32 Å². The Bertz CT molecular complexity index is 1150. The number of rotatable bonds is 36. The number of carbonyl (C=O) groups excluding carboxylic acids is 1. The number of aliphatic hydroxyl groups excluding tert-OH is 1. The topological polar surface area (TPSA) is 108 Å². The van der Waals surface area contributed by atoms with Gasteiger partial charge < -0.3 is 28.8 Å². The minimum atomic E-state index is -4.62. The van der Waals surface area contributed by atoms with Crippen molar-refractivity contribution >= 4 is 13.7 Å². The maximum absolute atomic E-state index is 12.8. The average Bonchev–Trinajstić information content (AvgIpc) is 3.12. The third-order valence-electron chi connectivity index (χ3n) is 8.62. The Hall–Kier alpha value is -2.32. The molecule has 310 valence electrons. The average molecular weight is 775 g/mol. The summed E-state index contributed by atoms with van der Waals surface area (Å²) in [6, 6.07) is -0.961. The molecular weight excluding hydrogens is 695 g/mol. The molecular formula is C45H79N2O6P. The number of phosphoric acid groups is 1. The van der Waals surface area contributed by atoms with Crippen molar-refractivity contribution in [2.24, 2.45) is 0 Å². The summed E-state index contributed by atoms with van der Waals surface area (Å²) in [5, 5.41) is 13.6. The van der Waals surface area contributed by atoms with Gasteiger partial charge in [0.15, 0.2) is 0 Å². The zero-order chi connectivity index (χ0) is 40.0. The van der Waals surface area contributed by atoms with Crippen LogP contribution in [0.25, 0.3) is 0 Å². The first kappa shape index (κ1) is 51.7. The lowest BCUT2D eigenvalue weighted by Gasteiger charge is -2.29. The van der Waals surface area contributed by atoms with Gasteiger partial charge in [-0.1, -0.05) is 163 Å². The highest BCUT2D eigenvalue weighted by Crippen LogP contribution is 2.38. The predicted octanol–water partition coefficient (Wildman–Crippen LogP) is 10.8. The van der Waals surface area contributed by atoms with E-state index in [2.05, 4.69) is 73.8 Å². The van der Waals surface area contributed by atoms with Gasteiger partial charge in [0.2, 0.25) is 5.91 Å². The Morgan fingerprint density at radius 1 is 0.667 bits per heavy atom. The lowest BCUT2D eigenvalue weighted by Crippen LogP contribution is -2.45. The van der Waals surface area contributed by atoms with Gasteiger partial charge in [0.1, 0.15) is 13.2 Å². The van der Waals surface area contributed by atoms with Crippen LogP contribution < -0.4 is 10.2 Å². The molecule has 1 amide bonds. The van der Waals surface area contributed by atoms with E-state index in [1.807, 2.05) is 39.4 Å². The van der Waals surface area contributed by atoms with E-state index in [1.54, 1.807) is 12.2 Å². The minimum absolute atomic E-state index is 0.0272. The van der Waals surface area contributed by atoms with Gasteiger partial charge in [-0.15, -0.1) is 0 Å². The summed E-state index contributed by atoms with van der Waals surface area (Å²) in [7, 11) is 1.17. The van der Waals surface area contributed by atoms with Crippen molar-refractivity contribution < 1.29 is 32.9 Å². The van der Waals surface area contributed by atoms with E-state index in [4.69, 9.17) is 9.05 Å². The molecule has 0 aromatic carbocycles. The van der Waals surface area contributed by atoms with Gasteiger partial charge in [0, 0.05) is 6.42 Å². The van der Waals surface area contributed by atoms with Crippen molar-refractivity contribution in [2.45, 2.75) is 154 Å². The van der Waals surface area contributed by atoms with E-state index >= 15 is 0 Å². The zero-order valence-electron chi connectivity index (χ0n) is 34.9. The van der Waals surface area contributed by atoms with Crippen molar-refractivity contribution in [3.63, 3.8) is 0 Å². The first-order valence-electron chi connectivity index (χ1n) is 20.9. The normalized spacial score (nSPS) is 15.3. The number of unbranched alkanes of at least 4 members (excludes halogenated alkanes) is 12. The predicted molar refractivity (Wildman–Crippen MR) is 228 cm³/mol. The summed E-state index contributed by atoms with van der Waals surface area (Å²) >= 11 is 0. The molecule has 8 nitrogen and oxygen atoms in total. The number of nitrogens with zero attached hydrogens (tertiary/aromatic N) is 1. The molecule has 0 saturated heterocycles. The molecule has 0 rings (SSSR count). The van der Waals surface area contributed by atoms with Crippen LogP contribution in [0.3, 0.4) is 0 Å². The van der Waals surface area contributed by atoms with Crippen LogP contribution in [-0.2, 0) is 18.4 Å². The molecule has 0 fully saturated rings. The summed E-state index contributed by atoms with van der Waals surface area (Å²) in [4.78, 5) is 25.2. The van der Waals surface area contributed by atoms with Crippen LogP contribution in [0.2, 0.25) is 0 Å². The maximum atomic E-state index is 12.8. The van der Waals surface area contributed by atoms with Crippen LogP contribution in [0, 0.1) is 0 Å². The lowest BCUT2D eigenvalue weighted by atomic mass is 10.1. The molecule has 0 saturated carbocycles. The quantitative estimate of drug-likeness (QED) is 0.0284. The fourth-order valence-electron chi connectivity index (χ4n) is 5.29. The van der Waals surface area contributed by atoms with E-state index in [0.29, 0.717) is 17.4 Å². The first-order chi connectivity index (χ1) is 26.0. The highest BCUT2D eigenvalue weighted by atomic mass is 31.2. The molecule has 0 aromatic heterocycles. The second kappa shape index (κ2) is 36.3. The zero-order valence-corrected chi connectivity index (χ0v) is 35.8. The monoisotopic (exact) mass is 775 g/mol. The highest BCUT2D eigenvalue weighted by molar-refractivity contribution is 7.45. The van der Waals surface area contributed by atoms with Crippen molar-refractivity contribution in [2.75, 3.05) is 40.9 Å². The van der Waals surface area contributed by atoms with Gasteiger partial charge >= 0.3 is 0 Å². The van der Waals surface area contributed by atoms with Gasteiger partial charge in [-0.2, -0.15) is 0 Å². The maximum Gasteiger partial charge on any atom is 0.268 e. The van der Waals surface area contributed by atoms with Crippen LogP contribution in [0.4, 0.5) is 0 Å². The number of nitrogens with one attached hydrogen (secondary N) is 1. The first-order valence-corrected chi connectivity index (χ1v) is 22.4. The Kier molecular flexibility index (Phi) is 34.8.